The lowest BCUT2D eigenvalue weighted by Gasteiger charge is -2.21. The molecule has 2 nitrogen and oxygen atoms in total. The minimum Gasteiger partial charge on any atom is -0.335 e. The Morgan fingerprint density at radius 3 is 2.65 bits per heavy atom. The first-order valence-corrected chi connectivity index (χ1v) is 6.13. The number of benzene rings is 1. The predicted octanol–water partition coefficient (Wildman–Crippen LogP) is 3.63. The topological polar surface area (TPSA) is 20.3 Å². The van der Waals surface area contributed by atoms with Gasteiger partial charge in [-0.05, 0) is 48.0 Å². The number of nitrogens with zero attached hydrogens (tertiary/aromatic N) is 1. The van der Waals surface area contributed by atoms with E-state index in [1.807, 2.05) is 13.8 Å². The zero-order valence-corrected chi connectivity index (χ0v) is 11.6. The molecule has 0 aliphatic heterocycles. The fourth-order valence-corrected chi connectivity index (χ4v) is 1.84. The van der Waals surface area contributed by atoms with Crippen LogP contribution in [0.3, 0.4) is 0 Å². The van der Waals surface area contributed by atoms with E-state index in [1.54, 1.807) is 4.90 Å². The van der Waals surface area contributed by atoms with Crippen molar-refractivity contribution in [2.75, 3.05) is 13.1 Å². The largest absolute Gasteiger partial charge is 0.335 e. The second-order valence-electron chi connectivity index (χ2n) is 3.91. The predicted molar refractivity (Wildman–Crippen MR) is 70.5 cm³/mol. The van der Waals surface area contributed by atoms with Gasteiger partial charge in [0.05, 0.1) is 4.47 Å². The number of hydrogen-bond donors (Lipinski definition) is 0. The number of carbonyl (C=O) groups excluding carboxylic acids is 1. The SMILES string of the molecule is C=C(C)CN(CC)C(=O)c1ccc(F)c(Br)c1. The Kier molecular flexibility index (Phi) is 4.87. The van der Waals surface area contributed by atoms with Gasteiger partial charge in [0, 0.05) is 18.7 Å². The summed E-state index contributed by atoms with van der Waals surface area (Å²) in [6.45, 7) is 8.68. The molecule has 1 rings (SSSR count). The molecule has 0 fully saturated rings. The van der Waals surface area contributed by atoms with Gasteiger partial charge in [0.1, 0.15) is 5.82 Å². The van der Waals surface area contributed by atoms with E-state index in [9.17, 15) is 9.18 Å². The Hall–Kier alpha value is -1.16. The van der Waals surface area contributed by atoms with Crippen LogP contribution in [0.25, 0.3) is 0 Å². The highest BCUT2D eigenvalue weighted by molar-refractivity contribution is 9.10. The first-order chi connectivity index (χ1) is 7.95. The molecule has 1 amide bonds. The van der Waals surface area contributed by atoms with E-state index in [-0.39, 0.29) is 11.7 Å². The highest BCUT2D eigenvalue weighted by Crippen LogP contribution is 2.18. The van der Waals surface area contributed by atoms with Gasteiger partial charge in [-0.25, -0.2) is 4.39 Å². The van der Waals surface area contributed by atoms with Crippen molar-refractivity contribution in [3.8, 4) is 0 Å². The third-order valence-electron chi connectivity index (χ3n) is 2.30. The Labute approximate surface area is 109 Å². The second kappa shape index (κ2) is 5.96. The van der Waals surface area contributed by atoms with E-state index in [0.29, 0.717) is 23.1 Å². The van der Waals surface area contributed by atoms with Crippen molar-refractivity contribution in [3.05, 3.63) is 46.2 Å². The van der Waals surface area contributed by atoms with Gasteiger partial charge < -0.3 is 4.90 Å². The molecule has 0 N–H and O–H groups in total. The zero-order chi connectivity index (χ0) is 13.0. The summed E-state index contributed by atoms with van der Waals surface area (Å²) in [5.41, 5.74) is 1.39. The Bertz CT molecular complexity index is 445. The highest BCUT2D eigenvalue weighted by atomic mass is 79.9. The average Bonchev–Trinajstić information content (AvgIpc) is 2.28. The van der Waals surface area contributed by atoms with Crippen LogP contribution >= 0.6 is 15.9 Å². The first kappa shape index (κ1) is 13.9. The summed E-state index contributed by atoms with van der Waals surface area (Å²) in [6, 6.07) is 4.27. The minimum absolute atomic E-state index is 0.115. The maximum Gasteiger partial charge on any atom is 0.254 e. The molecule has 0 heterocycles. The molecule has 0 saturated heterocycles. The van der Waals surface area contributed by atoms with Crippen LogP contribution in [0.4, 0.5) is 4.39 Å². The normalized spacial score (nSPS) is 10.1. The fraction of sp³-hybridized carbons (Fsp3) is 0.308. The van der Waals surface area contributed by atoms with Gasteiger partial charge in [0.25, 0.3) is 5.91 Å². The van der Waals surface area contributed by atoms with Crippen molar-refractivity contribution >= 4 is 21.8 Å². The van der Waals surface area contributed by atoms with Gasteiger partial charge in [-0.3, -0.25) is 4.79 Å². The van der Waals surface area contributed by atoms with Crippen LogP contribution in [0.2, 0.25) is 0 Å². The molecule has 0 saturated carbocycles. The van der Waals surface area contributed by atoms with Crippen LogP contribution < -0.4 is 0 Å². The number of halogens is 2. The third kappa shape index (κ3) is 3.66. The molecule has 0 aromatic heterocycles. The van der Waals surface area contributed by atoms with Crippen molar-refractivity contribution < 1.29 is 9.18 Å². The molecule has 17 heavy (non-hydrogen) atoms. The number of hydrogen-bond acceptors (Lipinski definition) is 1. The van der Waals surface area contributed by atoms with Gasteiger partial charge in [-0.15, -0.1) is 0 Å². The summed E-state index contributed by atoms with van der Waals surface area (Å²) in [7, 11) is 0. The Morgan fingerprint density at radius 1 is 1.53 bits per heavy atom. The molecule has 0 aliphatic rings. The maximum atomic E-state index is 13.1. The molecule has 0 aliphatic carbocycles. The van der Waals surface area contributed by atoms with Crippen LogP contribution in [0.5, 0.6) is 0 Å². The zero-order valence-electron chi connectivity index (χ0n) is 9.96. The molecule has 0 unspecified atom stereocenters. The monoisotopic (exact) mass is 299 g/mol. The van der Waals surface area contributed by atoms with E-state index in [0.717, 1.165) is 5.57 Å². The van der Waals surface area contributed by atoms with Crippen molar-refractivity contribution in [2.45, 2.75) is 13.8 Å². The molecule has 0 bridgehead atoms. The van der Waals surface area contributed by atoms with Crippen molar-refractivity contribution in [3.63, 3.8) is 0 Å². The number of rotatable bonds is 4. The molecule has 1 aromatic rings. The van der Waals surface area contributed by atoms with Crippen LogP contribution in [0, 0.1) is 5.82 Å². The van der Waals surface area contributed by atoms with Crippen LogP contribution in [0.15, 0.2) is 34.8 Å². The molecule has 0 spiro atoms. The van der Waals surface area contributed by atoms with E-state index in [2.05, 4.69) is 22.5 Å². The summed E-state index contributed by atoms with van der Waals surface area (Å²) in [5, 5.41) is 0. The van der Waals surface area contributed by atoms with E-state index in [1.165, 1.54) is 18.2 Å². The van der Waals surface area contributed by atoms with Crippen molar-refractivity contribution in [2.24, 2.45) is 0 Å². The lowest BCUT2D eigenvalue weighted by Crippen LogP contribution is -2.32. The molecule has 4 heteroatoms. The number of carbonyl (C=O) groups is 1. The molecule has 1 aromatic carbocycles. The van der Waals surface area contributed by atoms with Crippen LogP contribution in [0.1, 0.15) is 24.2 Å². The van der Waals surface area contributed by atoms with Crippen molar-refractivity contribution in [1.82, 2.24) is 4.90 Å². The van der Waals surface area contributed by atoms with Gasteiger partial charge in [0.15, 0.2) is 0 Å². The second-order valence-corrected chi connectivity index (χ2v) is 4.76. The molecule has 0 radical (unpaired) electrons. The molecular formula is C13H15BrFNO. The fourth-order valence-electron chi connectivity index (χ4n) is 1.46. The minimum atomic E-state index is -0.371. The Morgan fingerprint density at radius 2 is 2.18 bits per heavy atom. The van der Waals surface area contributed by atoms with Crippen LogP contribution in [-0.2, 0) is 0 Å². The third-order valence-corrected chi connectivity index (χ3v) is 2.90. The number of amides is 1. The van der Waals surface area contributed by atoms with E-state index in [4.69, 9.17) is 0 Å². The average molecular weight is 300 g/mol. The van der Waals surface area contributed by atoms with Crippen LogP contribution in [-0.4, -0.2) is 23.9 Å². The quantitative estimate of drug-likeness (QED) is 0.778. The summed E-state index contributed by atoms with van der Waals surface area (Å²) < 4.78 is 13.4. The maximum absolute atomic E-state index is 13.1. The molecule has 92 valence electrons. The Balaban J connectivity index is 2.93. The summed E-state index contributed by atoms with van der Waals surface area (Å²) in [5.74, 6) is -0.485. The first-order valence-electron chi connectivity index (χ1n) is 5.34. The number of likely N-dealkylation sites (N-methyl/N-ethyl adjacent to an activating group) is 1. The summed E-state index contributed by atoms with van der Waals surface area (Å²) in [6.07, 6.45) is 0. The highest BCUT2D eigenvalue weighted by Gasteiger charge is 2.15. The van der Waals surface area contributed by atoms with Gasteiger partial charge in [0.2, 0.25) is 0 Å². The van der Waals surface area contributed by atoms with E-state index < -0.39 is 0 Å². The van der Waals surface area contributed by atoms with Gasteiger partial charge in [-0.1, -0.05) is 12.2 Å². The summed E-state index contributed by atoms with van der Waals surface area (Å²) >= 11 is 3.07. The standard InChI is InChI=1S/C13H15BrFNO/c1-4-16(8-9(2)3)13(17)10-5-6-12(15)11(14)7-10/h5-7H,2,4,8H2,1,3H3. The van der Waals surface area contributed by atoms with E-state index >= 15 is 0 Å². The van der Waals surface area contributed by atoms with Crippen molar-refractivity contribution in [1.29, 1.82) is 0 Å². The van der Waals surface area contributed by atoms with Gasteiger partial charge >= 0.3 is 0 Å². The lowest BCUT2D eigenvalue weighted by atomic mass is 10.2. The van der Waals surface area contributed by atoms with Gasteiger partial charge in [-0.2, -0.15) is 0 Å². The lowest BCUT2D eigenvalue weighted by molar-refractivity contribution is 0.0778. The summed E-state index contributed by atoms with van der Waals surface area (Å²) in [4.78, 5) is 13.8. The molecular weight excluding hydrogens is 285 g/mol. The smallest absolute Gasteiger partial charge is 0.254 e. The molecule has 0 atom stereocenters.